The third-order valence-electron chi connectivity index (χ3n) is 2.36. The largest absolute Gasteiger partial charge is 0.480 e. The number of carboxylic acid groups (broad SMARTS) is 1. The lowest BCUT2D eigenvalue weighted by molar-refractivity contribution is -0.137. The lowest BCUT2D eigenvalue weighted by Crippen LogP contribution is -2.35. The molecule has 1 aromatic heterocycles. The lowest BCUT2D eigenvalue weighted by atomic mass is 10.4. The van der Waals surface area contributed by atoms with Gasteiger partial charge in [0.25, 0.3) is 5.91 Å². The van der Waals surface area contributed by atoms with Crippen LogP contribution in [0.15, 0.2) is 16.3 Å². The van der Waals surface area contributed by atoms with Crippen molar-refractivity contribution in [3.63, 3.8) is 0 Å². The minimum absolute atomic E-state index is 0.00488. The highest BCUT2D eigenvalue weighted by molar-refractivity contribution is 7.89. The Hall–Kier alpha value is -1.45. The first-order valence-corrected chi connectivity index (χ1v) is 7.71. The van der Waals surface area contributed by atoms with Gasteiger partial charge in [0.15, 0.2) is 0 Å². The lowest BCUT2D eigenvalue weighted by Gasteiger charge is -2.17. The number of hydrogen-bond acceptors (Lipinski definition) is 5. The number of aliphatic carboxylic acids is 1. The zero-order valence-electron chi connectivity index (χ0n) is 10.4. The van der Waals surface area contributed by atoms with Crippen LogP contribution < -0.4 is 4.72 Å². The molecule has 106 valence electrons. The molecule has 1 amide bonds. The second-order valence-corrected chi connectivity index (χ2v) is 6.37. The number of amides is 1. The van der Waals surface area contributed by atoms with Crippen LogP contribution in [0.1, 0.15) is 16.6 Å². The van der Waals surface area contributed by atoms with Gasteiger partial charge in [0.05, 0.1) is 9.77 Å². The fraction of sp³-hybridized carbons (Fsp3) is 0.400. The van der Waals surface area contributed by atoms with E-state index in [0.29, 0.717) is 0 Å². The van der Waals surface area contributed by atoms with Crippen LogP contribution >= 0.6 is 11.3 Å². The van der Waals surface area contributed by atoms with E-state index in [1.165, 1.54) is 18.5 Å². The van der Waals surface area contributed by atoms with Gasteiger partial charge in [-0.05, 0) is 20.0 Å². The number of rotatable bonds is 6. The molecule has 19 heavy (non-hydrogen) atoms. The normalized spacial score (nSPS) is 11.3. The molecule has 1 rings (SSSR count). The second-order valence-electron chi connectivity index (χ2n) is 3.57. The Bertz CT molecular complexity index is 578. The number of nitrogens with one attached hydrogen (secondary N) is 1. The van der Waals surface area contributed by atoms with Gasteiger partial charge in [-0.3, -0.25) is 9.59 Å². The van der Waals surface area contributed by atoms with E-state index in [2.05, 4.69) is 4.72 Å². The van der Waals surface area contributed by atoms with E-state index in [0.717, 1.165) is 16.2 Å². The molecule has 0 bridgehead atoms. The highest BCUT2D eigenvalue weighted by Crippen LogP contribution is 2.20. The molecule has 0 saturated heterocycles. The predicted octanol–water partition coefficient (Wildman–Crippen LogP) is 0.203. The molecule has 0 saturated carbocycles. The minimum atomic E-state index is -3.59. The van der Waals surface area contributed by atoms with Crippen molar-refractivity contribution in [2.45, 2.75) is 11.8 Å². The molecule has 0 atom stereocenters. The molecule has 0 unspecified atom stereocenters. The zero-order valence-corrected chi connectivity index (χ0v) is 12.0. The van der Waals surface area contributed by atoms with Crippen molar-refractivity contribution in [3.05, 3.63) is 16.3 Å². The maximum Gasteiger partial charge on any atom is 0.323 e. The van der Waals surface area contributed by atoms with E-state index in [-0.39, 0.29) is 16.3 Å². The summed E-state index contributed by atoms with van der Waals surface area (Å²) in [6.07, 6.45) is 0. The number of carbonyl (C=O) groups is 2. The van der Waals surface area contributed by atoms with Crippen molar-refractivity contribution in [1.29, 1.82) is 0 Å². The van der Waals surface area contributed by atoms with E-state index in [9.17, 15) is 18.0 Å². The highest BCUT2D eigenvalue weighted by atomic mass is 32.2. The van der Waals surface area contributed by atoms with Gasteiger partial charge in [0.1, 0.15) is 6.54 Å². The molecule has 0 radical (unpaired) electrons. The fourth-order valence-electron chi connectivity index (χ4n) is 1.34. The number of sulfonamides is 1. The average Bonchev–Trinajstić information content (AvgIpc) is 2.85. The Balaban J connectivity index is 2.98. The van der Waals surface area contributed by atoms with Crippen molar-refractivity contribution < 1.29 is 23.1 Å². The van der Waals surface area contributed by atoms with E-state index in [4.69, 9.17) is 5.11 Å². The molecule has 0 spiro atoms. The van der Waals surface area contributed by atoms with Gasteiger partial charge in [-0.1, -0.05) is 0 Å². The summed E-state index contributed by atoms with van der Waals surface area (Å²) in [5, 5.41) is 10.0. The van der Waals surface area contributed by atoms with Gasteiger partial charge in [-0.15, -0.1) is 11.3 Å². The first-order chi connectivity index (χ1) is 8.81. The summed E-state index contributed by atoms with van der Waals surface area (Å²) < 4.78 is 25.2. The molecular formula is C10H14N2O5S2. The Labute approximate surface area is 114 Å². The van der Waals surface area contributed by atoms with Gasteiger partial charge < -0.3 is 10.0 Å². The molecule has 2 N–H and O–H groups in total. The first-order valence-electron chi connectivity index (χ1n) is 5.35. The van der Waals surface area contributed by atoms with Crippen LogP contribution in [0, 0.1) is 0 Å². The van der Waals surface area contributed by atoms with Crippen LogP contribution in [0.4, 0.5) is 0 Å². The van der Waals surface area contributed by atoms with Crippen LogP contribution in [-0.4, -0.2) is 50.4 Å². The number of nitrogens with zero attached hydrogens (tertiary/aromatic N) is 1. The summed E-state index contributed by atoms with van der Waals surface area (Å²) in [5.41, 5.74) is 0. The Kier molecular flexibility index (Phi) is 5.04. The van der Waals surface area contributed by atoms with Crippen molar-refractivity contribution in [3.8, 4) is 0 Å². The Morgan fingerprint density at radius 2 is 2.11 bits per heavy atom. The van der Waals surface area contributed by atoms with Crippen molar-refractivity contribution in [1.82, 2.24) is 9.62 Å². The van der Waals surface area contributed by atoms with E-state index < -0.39 is 28.4 Å². The number of thiophene rings is 1. The second kappa shape index (κ2) is 6.13. The van der Waals surface area contributed by atoms with Crippen molar-refractivity contribution in [2.75, 3.05) is 20.1 Å². The summed E-state index contributed by atoms with van der Waals surface area (Å²) in [4.78, 5) is 23.9. The summed E-state index contributed by atoms with van der Waals surface area (Å²) in [6, 6.07) is 1.24. The molecular weight excluding hydrogens is 292 g/mol. The molecule has 0 aromatic carbocycles. The zero-order chi connectivity index (χ0) is 14.6. The number of carbonyl (C=O) groups excluding carboxylic acids is 1. The molecule has 1 heterocycles. The van der Waals surface area contributed by atoms with Crippen LogP contribution in [0.2, 0.25) is 0 Å². The molecule has 0 aliphatic rings. The number of hydrogen-bond donors (Lipinski definition) is 2. The Morgan fingerprint density at radius 3 is 2.58 bits per heavy atom. The van der Waals surface area contributed by atoms with E-state index in [1.807, 2.05) is 0 Å². The SMILES string of the molecule is CCN(CC(=O)O)C(=O)c1cc(S(=O)(=O)NC)cs1. The van der Waals surface area contributed by atoms with Crippen LogP contribution in [-0.2, 0) is 14.8 Å². The van der Waals surface area contributed by atoms with E-state index in [1.54, 1.807) is 6.92 Å². The quantitative estimate of drug-likeness (QED) is 0.781. The minimum Gasteiger partial charge on any atom is -0.480 e. The standard InChI is InChI=1S/C10H14N2O5S2/c1-3-12(5-9(13)14)10(15)8-4-7(6-18-8)19(16,17)11-2/h4,6,11H,3,5H2,1-2H3,(H,13,14). The molecule has 1 aromatic rings. The molecule has 0 aliphatic carbocycles. The summed E-state index contributed by atoms with van der Waals surface area (Å²) in [6.45, 7) is 1.47. The number of carboxylic acids is 1. The predicted molar refractivity (Wildman–Crippen MR) is 69.8 cm³/mol. The van der Waals surface area contributed by atoms with Gasteiger partial charge in [-0.2, -0.15) is 0 Å². The van der Waals surface area contributed by atoms with Crippen LogP contribution in [0.3, 0.4) is 0 Å². The third-order valence-corrected chi connectivity index (χ3v) is 4.82. The smallest absolute Gasteiger partial charge is 0.323 e. The van der Waals surface area contributed by atoms with Gasteiger partial charge in [0, 0.05) is 11.9 Å². The first kappa shape index (κ1) is 15.6. The van der Waals surface area contributed by atoms with Crippen LogP contribution in [0.25, 0.3) is 0 Å². The van der Waals surface area contributed by atoms with Gasteiger partial charge in [0.2, 0.25) is 10.0 Å². The summed E-state index contributed by atoms with van der Waals surface area (Å²) >= 11 is 0.967. The molecule has 0 aliphatic heterocycles. The summed E-state index contributed by atoms with van der Waals surface area (Å²) in [5.74, 6) is -1.61. The molecule has 9 heteroatoms. The maximum atomic E-state index is 12.0. The third kappa shape index (κ3) is 3.75. The molecule has 7 nitrogen and oxygen atoms in total. The number of likely N-dealkylation sites (N-methyl/N-ethyl adjacent to an activating group) is 1. The van der Waals surface area contributed by atoms with Crippen molar-refractivity contribution in [2.24, 2.45) is 0 Å². The van der Waals surface area contributed by atoms with Gasteiger partial charge in [-0.25, -0.2) is 13.1 Å². The monoisotopic (exact) mass is 306 g/mol. The topological polar surface area (TPSA) is 104 Å². The highest BCUT2D eigenvalue weighted by Gasteiger charge is 2.21. The van der Waals surface area contributed by atoms with Gasteiger partial charge >= 0.3 is 5.97 Å². The summed E-state index contributed by atoms with van der Waals surface area (Å²) in [7, 11) is -2.32. The average molecular weight is 306 g/mol. The van der Waals surface area contributed by atoms with Crippen molar-refractivity contribution >= 4 is 33.2 Å². The fourth-order valence-corrected chi connectivity index (χ4v) is 3.31. The van der Waals surface area contributed by atoms with Crippen LogP contribution in [0.5, 0.6) is 0 Å². The Morgan fingerprint density at radius 1 is 1.47 bits per heavy atom. The molecule has 0 fully saturated rings. The maximum absolute atomic E-state index is 12.0. The van der Waals surface area contributed by atoms with E-state index >= 15 is 0 Å².